The highest BCUT2D eigenvalue weighted by molar-refractivity contribution is 5.82. The summed E-state index contributed by atoms with van der Waals surface area (Å²) in [5.41, 5.74) is 0.295. The molecule has 0 radical (unpaired) electrons. The predicted octanol–water partition coefficient (Wildman–Crippen LogP) is 2.19. The molecule has 0 saturated heterocycles. The second kappa shape index (κ2) is 6.23. The number of rotatable bonds is 4. The number of aromatic nitrogens is 2. The molecule has 1 heterocycles. The van der Waals surface area contributed by atoms with Crippen molar-refractivity contribution in [3.05, 3.63) is 63.3 Å². The van der Waals surface area contributed by atoms with Crippen molar-refractivity contribution in [3.63, 3.8) is 0 Å². The first-order valence-corrected chi connectivity index (χ1v) is 7.59. The zero-order chi connectivity index (χ0) is 17.3. The van der Waals surface area contributed by atoms with Gasteiger partial charge in [-0.2, -0.15) is 0 Å². The average molecular weight is 326 g/mol. The van der Waals surface area contributed by atoms with Gasteiger partial charge < -0.3 is 9.47 Å². The first-order valence-electron chi connectivity index (χ1n) is 7.59. The van der Waals surface area contributed by atoms with E-state index in [0.717, 1.165) is 0 Å². The number of methoxy groups -OCH3 is 2. The van der Waals surface area contributed by atoms with Gasteiger partial charge in [-0.25, -0.2) is 9.36 Å². The van der Waals surface area contributed by atoms with Crippen LogP contribution >= 0.6 is 0 Å². The van der Waals surface area contributed by atoms with Crippen molar-refractivity contribution in [1.82, 2.24) is 9.13 Å². The van der Waals surface area contributed by atoms with E-state index in [9.17, 15) is 9.59 Å². The van der Waals surface area contributed by atoms with E-state index < -0.39 is 0 Å². The van der Waals surface area contributed by atoms with E-state index in [2.05, 4.69) is 0 Å². The molecule has 2 aromatic carbocycles. The second-order valence-electron chi connectivity index (χ2n) is 5.23. The Bertz CT molecular complexity index is 1000. The summed E-state index contributed by atoms with van der Waals surface area (Å²) in [5.74, 6) is 0.923. The summed E-state index contributed by atoms with van der Waals surface area (Å²) < 4.78 is 13.3. The van der Waals surface area contributed by atoms with Gasteiger partial charge in [-0.3, -0.25) is 9.36 Å². The van der Waals surface area contributed by atoms with Crippen molar-refractivity contribution in [2.45, 2.75) is 13.5 Å². The molecule has 6 heteroatoms. The Morgan fingerprint density at radius 3 is 2.17 bits per heavy atom. The maximum Gasteiger partial charge on any atom is 0.336 e. The van der Waals surface area contributed by atoms with E-state index in [1.165, 1.54) is 18.8 Å². The quantitative estimate of drug-likeness (QED) is 0.737. The van der Waals surface area contributed by atoms with Crippen molar-refractivity contribution in [3.8, 4) is 17.2 Å². The average Bonchev–Trinajstić information content (AvgIpc) is 2.62. The first-order chi connectivity index (χ1) is 11.6. The number of para-hydroxylation sites is 1. The summed E-state index contributed by atoms with van der Waals surface area (Å²) in [6, 6.07) is 12.1. The Kier molecular flexibility index (Phi) is 4.12. The van der Waals surface area contributed by atoms with Gasteiger partial charge in [0, 0.05) is 12.6 Å². The lowest BCUT2D eigenvalue weighted by Crippen LogP contribution is -2.38. The Hall–Kier alpha value is -3.02. The lowest BCUT2D eigenvalue weighted by molar-refractivity contribution is 0.355. The van der Waals surface area contributed by atoms with Crippen LogP contribution in [0.1, 0.15) is 6.92 Å². The molecular weight excluding hydrogens is 308 g/mol. The molecule has 0 N–H and O–H groups in total. The van der Waals surface area contributed by atoms with Crippen molar-refractivity contribution in [2.75, 3.05) is 14.2 Å². The van der Waals surface area contributed by atoms with Gasteiger partial charge in [0.15, 0.2) is 11.5 Å². The SMILES string of the molecule is CCn1c(=O)n(-c2ccccc2)c(=O)c2cc(OC)c(OC)cc21. The minimum absolute atomic E-state index is 0.381. The van der Waals surface area contributed by atoms with Gasteiger partial charge in [-0.15, -0.1) is 0 Å². The Balaban J connectivity index is 2.49. The molecule has 3 rings (SSSR count). The molecule has 0 amide bonds. The van der Waals surface area contributed by atoms with E-state index in [1.807, 2.05) is 13.0 Å². The molecule has 0 aliphatic carbocycles. The number of nitrogens with zero attached hydrogens (tertiary/aromatic N) is 2. The topological polar surface area (TPSA) is 62.5 Å². The van der Waals surface area contributed by atoms with Gasteiger partial charge in [0.2, 0.25) is 0 Å². The Morgan fingerprint density at radius 2 is 1.58 bits per heavy atom. The Morgan fingerprint density at radius 1 is 0.958 bits per heavy atom. The van der Waals surface area contributed by atoms with Crippen molar-refractivity contribution in [1.29, 1.82) is 0 Å². The van der Waals surface area contributed by atoms with Crippen LogP contribution in [0.3, 0.4) is 0 Å². The highest BCUT2D eigenvalue weighted by Gasteiger charge is 2.17. The third-order valence-corrected chi connectivity index (χ3v) is 3.98. The van der Waals surface area contributed by atoms with Crippen molar-refractivity contribution >= 4 is 10.9 Å². The summed E-state index contributed by atoms with van der Waals surface area (Å²) in [4.78, 5) is 25.8. The maximum atomic E-state index is 12.9. The fraction of sp³-hybridized carbons (Fsp3) is 0.222. The normalized spacial score (nSPS) is 10.8. The Labute approximate surface area is 138 Å². The standard InChI is InChI=1S/C18H18N2O4/c1-4-19-14-11-16(24-3)15(23-2)10-13(14)17(21)20(18(19)22)12-8-6-5-7-9-12/h5-11H,4H2,1-3H3. The number of hydrogen-bond acceptors (Lipinski definition) is 4. The predicted molar refractivity (Wildman–Crippen MR) is 92.6 cm³/mol. The summed E-state index contributed by atoms with van der Waals surface area (Å²) >= 11 is 0. The molecule has 24 heavy (non-hydrogen) atoms. The van der Waals surface area contributed by atoms with E-state index in [-0.39, 0.29) is 11.2 Å². The molecule has 0 fully saturated rings. The van der Waals surface area contributed by atoms with Gasteiger partial charge in [-0.05, 0) is 25.1 Å². The van der Waals surface area contributed by atoms with Gasteiger partial charge >= 0.3 is 5.69 Å². The van der Waals surface area contributed by atoms with Crippen LogP contribution in [0.5, 0.6) is 11.5 Å². The summed E-state index contributed by atoms with van der Waals surface area (Å²) in [5, 5.41) is 0.401. The molecule has 0 spiro atoms. The number of fused-ring (bicyclic) bond motifs is 1. The summed E-state index contributed by atoms with van der Waals surface area (Å²) in [6.45, 7) is 2.29. The molecule has 0 bridgehead atoms. The fourth-order valence-corrected chi connectivity index (χ4v) is 2.80. The molecule has 1 aromatic heterocycles. The van der Waals surface area contributed by atoms with Crippen LogP contribution in [0.2, 0.25) is 0 Å². The zero-order valence-electron chi connectivity index (χ0n) is 13.8. The number of benzene rings is 2. The first kappa shape index (κ1) is 15.9. The minimum atomic E-state index is -0.383. The van der Waals surface area contributed by atoms with E-state index in [1.54, 1.807) is 41.0 Å². The lowest BCUT2D eigenvalue weighted by atomic mass is 10.2. The third kappa shape index (κ3) is 2.36. The number of aryl methyl sites for hydroxylation is 1. The second-order valence-corrected chi connectivity index (χ2v) is 5.23. The molecule has 6 nitrogen and oxygen atoms in total. The maximum absolute atomic E-state index is 12.9. The van der Waals surface area contributed by atoms with Crippen LogP contribution < -0.4 is 20.7 Å². The van der Waals surface area contributed by atoms with Gasteiger partial charge in [0.25, 0.3) is 5.56 Å². The lowest BCUT2D eigenvalue weighted by Gasteiger charge is -2.15. The molecule has 3 aromatic rings. The molecule has 0 atom stereocenters. The monoisotopic (exact) mass is 326 g/mol. The molecule has 124 valence electrons. The largest absolute Gasteiger partial charge is 0.493 e. The molecule has 0 aliphatic heterocycles. The van der Waals surface area contributed by atoms with Crippen molar-refractivity contribution < 1.29 is 9.47 Å². The van der Waals surface area contributed by atoms with Crippen LogP contribution in [0.25, 0.3) is 16.6 Å². The molecular formula is C18H18N2O4. The summed E-state index contributed by atoms with van der Waals surface area (Å²) in [6.07, 6.45) is 0. The zero-order valence-corrected chi connectivity index (χ0v) is 13.8. The molecule has 0 aliphatic rings. The highest BCUT2D eigenvalue weighted by Crippen LogP contribution is 2.30. The van der Waals surface area contributed by atoms with E-state index >= 15 is 0 Å². The van der Waals surface area contributed by atoms with E-state index in [4.69, 9.17) is 9.47 Å². The highest BCUT2D eigenvalue weighted by atomic mass is 16.5. The van der Waals surface area contributed by atoms with Crippen molar-refractivity contribution in [2.24, 2.45) is 0 Å². The van der Waals surface area contributed by atoms with Gasteiger partial charge in [-0.1, -0.05) is 18.2 Å². The van der Waals surface area contributed by atoms with Gasteiger partial charge in [0.1, 0.15) is 0 Å². The smallest absolute Gasteiger partial charge is 0.336 e. The molecule has 0 saturated carbocycles. The van der Waals surface area contributed by atoms with Gasteiger partial charge in [0.05, 0.1) is 30.8 Å². The van der Waals surface area contributed by atoms with Crippen LogP contribution in [0.4, 0.5) is 0 Å². The van der Waals surface area contributed by atoms with Crippen LogP contribution in [-0.4, -0.2) is 23.4 Å². The van der Waals surface area contributed by atoms with Crippen LogP contribution in [0, 0.1) is 0 Å². The molecule has 0 unspecified atom stereocenters. The minimum Gasteiger partial charge on any atom is -0.493 e. The number of ether oxygens (including phenoxy) is 2. The fourth-order valence-electron chi connectivity index (χ4n) is 2.80. The van der Waals surface area contributed by atoms with E-state index in [0.29, 0.717) is 34.6 Å². The number of hydrogen-bond donors (Lipinski definition) is 0. The van der Waals surface area contributed by atoms with Crippen LogP contribution in [0.15, 0.2) is 52.1 Å². The third-order valence-electron chi connectivity index (χ3n) is 3.98. The van der Waals surface area contributed by atoms with Crippen LogP contribution in [-0.2, 0) is 6.54 Å². The summed E-state index contributed by atoms with van der Waals surface area (Å²) in [7, 11) is 3.03.